The summed E-state index contributed by atoms with van der Waals surface area (Å²) in [6.45, 7) is -0.241. The topological polar surface area (TPSA) is 55.8 Å². The van der Waals surface area contributed by atoms with Gasteiger partial charge in [-0.15, -0.1) is 0 Å². The molecule has 0 bridgehead atoms. The maximum Gasteiger partial charge on any atom is 0.328 e. The minimum Gasteiger partial charge on any atom is -0.467 e. The predicted octanol–water partition coefficient (Wildman–Crippen LogP) is 0.822. The fourth-order valence-corrected chi connectivity index (χ4v) is 1.92. The average Bonchev–Trinajstić information content (AvgIpc) is 2.82. The van der Waals surface area contributed by atoms with Crippen molar-refractivity contribution in [2.24, 2.45) is 0 Å². The van der Waals surface area contributed by atoms with Crippen molar-refractivity contribution in [3.8, 4) is 0 Å². The number of ether oxygens (including phenoxy) is 2. The van der Waals surface area contributed by atoms with Crippen LogP contribution in [-0.2, 0) is 19.1 Å². The van der Waals surface area contributed by atoms with Gasteiger partial charge in [-0.05, 0) is 12.8 Å². The van der Waals surface area contributed by atoms with E-state index in [1.807, 2.05) is 0 Å². The third kappa shape index (κ3) is 4.21. The van der Waals surface area contributed by atoms with Crippen molar-refractivity contribution in [2.75, 3.05) is 26.9 Å². The highest BCUT2D eigenvalue weighted by molar-refractivity contribution is 5.85. The summed E-state index contributed by atoms with van der Waals surface area (Å²) >= 11 is 0. The lowest BCUT2D eigenvalue weighted by Crippen LogP contribution is -2.41. The largest absolute Gasteiger partial charge is 0.467 e. The second kappa shape index (κ2) is 7.25. The average molecular weight is 265 g/mol. The molecule has 1 fully saturated rings. The van der Waals surface area contributed by atoms with E-state index in [1.165, 1.54) is 12.0 Å². The Morgan fingerprint density at radius 3 is 2.78 bits per heavy atom. The van der Waals surface area contributed by atoms with Gasteiger partial charge in [0.05, 0.1) is 20.1 Å². The molecule has 1 unspecified atom stereocenters. The van der Waals surface area contributed by atoms with Gasteiger partial charge >= 0.3 is 5.97 Å². The molecule has 1 rings (SSSR count). The van der Waals surface area contributed by atoms with Crippen LogP contribution < -0.4 is 0 Å². The number of rotatable bonds is 6. The van der Waals surface area contributed by atoms with Gasteiger partial charge in [-0.1, -0.05) is 0 Å². The van der Waals surface area contributed by atoms with Crippen molar-refractivity contribution < 1.29 is 27.8 Å². The number of likely N-dealkylation sites (tertiary alicyclic amines) is 1. The lowest BCUT2D eigenvalue weighted by atomic mass is 10.2. The van der Waals surface area contributed by atoms with Crippen molar-refractivity contribution in [1.29, 1.82) is 0 Å². The molecule has 0 spiro atoms. The Morgan fingerprint density at radius 2 is 2.17 bits per heavy atom. The van der Waals surface area contributed by atoms with Crippen LogP contribution in [0.1, 0.15) is 19.3 Å². The number of esters is 1. The summed E-state index contributed by atoms with van der Waals surface area (Å²) in [6, 6.07) is -0.544. The Bertz CT molecular complexity index is 299. The first-order chi connectivity index (χ1) is 8.56. The molecule has 0 aromatic carbocycles. The number of alkyl halides is 2. The molecule has 5 nitrogen and oxygen atoms in total. The zero-order chi connectivity index (χ0) is 13.5. The Morgan fingerprint density at radius 1 is 1.44 bits per heavy atom. The van der Waals surface area contributed by atoms with Crippen molar-refractivity contribution in [3.63, 3.8) is 0 Å². The third-order valence-corrected chi connectivity index (χ3v) is 2.75. The number of halogens is 2. The normalized spacial score (nSPS) is 19.3. The van der Waals surface area contributed by atoms with Crippen LogP contribution in [0.25, 0.3) is 0 Å². The van der Waals surface area contributed by atoms with E-state index >= 15 is 0 Å². The van der Waals surface area contributed by atoms with E-state index in [-0.39, 0.29) is 18.9 Å². The van der Waals surface area contributed by atoms with Crippen LogP contribution in [0.3, 0.4) is 0 Å². The lowest BCUT2D eigenvalue weighted by Gasteiger charge is -2.22. The van der Waals surface area contributed by atoms with E-state index in [0.29, 0.717) is 13.0 Å². The van der Waals surface area contributed by atoms with Gasteiger partial charge < -0.3 is 14.4 Å². The standard InChI is InChI=1S/C11H17F2NO4/c1-17-11(16)8-3-2-5-14(8)10(15)4-6-18-7-9(12)13/h8-9H,2-7H2,1H3. The van der Waals surface area contributed by atoms with E-state index in [1.54, 1.807) is 0 Å². The molecule has 1 heterocycles. The molecule has 18 heavy (non-hydrogen) atoms. The molecule has 0 aliphatic carbocycles. The molecular formula is C11H17F2NO4. The maximum atomic E-state index is 11.8. The van der Waals surface area contributed by atoms with Crippen molar-refractivity contribution in [2.45, 2.75) is 31.7 Å². The van der Waals surface area contributed by atoms with E-state index in [2.05, 4.69) is 9.47 Å². The van der Waals surface area contributed by atoms with Gasteiger partial charge in [-0.3, -0.25) is 4.79 Å². The van der Waals surface area contributed by atoms with Crippen LogP contribution in [0, 0.1) is 0 Å². The predicted molar refractivity (Wildman–Crippen MR) is 58.2 cm³/mol. The number of carbonyl (C=O) groups excluding carboxylic acids is 2. The fraction of sp³-hybridized carbons (Fsp3) is 0.818. The van der Waals surface area contributed by atoms with E-state index in [9.17, 15) is 18.4 Å². The first-order valence-corrected chi connectivity index (χ1v) is 5.79. The van der Waals surface area contributed by atoms with Crippen molar-refractivity contribution >= 4 is 11.9 Å². The molecule has 0 saturated carbocycles. The van der Waals surface area contributed by atoms with Crippen molar-refractivity contribution in [3.05, 3.63) is 0 Å². The minimum atomic E-state index is -2.53. The summed E-state index contributed by atoms with van der Waals surface area (Å²) in [5.41, 5.74) is 0. The molecule has 0 radical (unpaired) electrons. The van der Waals surface area contributed by atoms with Gasteiger partial charge in [0.1, 0.15) is 12.6 Å². The molecule has 104 valence electrons. The Hall–Kier alpha value is -1.24. The molecule has 1 aliphatic rings. The third-order valence-electron chi connectivity index (χ3n) is 2.75. The summed E-state index contributed by atoms with van der Waals surface area (Å²) in [4.78, 5) is 24.6. The summed E-state index contributed by atoms with van der Waals surface area (Å²) in [7, 11) is 1.27. The molecule has 0 aromatic heterocycles. The van der Waals surface area contributed by atoms with Crippen LogP contribution in [-0.4, -0.2) is 56.1 Å². The Labute approximate surface area is 104 Å². The van der Waals surface area contributed by atoms with Gasteiger partial charge in [0.15, 0.2) is 0 Å². The number of amides is 1. The Balaban J connectivity index is 2.34. The zero-order valence-corrected chi connectivity index (χ0v) is 10.2. The van der Waals surface area contributed by atoms with Crippen LogP contribution in [0.2, 0.25) is 0 Å². The van der Waals surface area contributed by atoms with Gasteiger partial charge in [0, 0.05) is 6.54 Å². The number of hydrogen-bond donors (Lipinski definition) is 0. The molecule has 0 N–H and O–H groups in total. The zero-order valence-electron chi connectivity index (χ0n) is 10.2. The minimum absolute atomic E-state index is 0.000213. The second-order valence-electron chi connectivity index (χ2n) is 3.98. The summed E-state index contributed by atoms with van der Waals surface area (Å²) < 4.78 is 32.8. The summed E-state index contributed by atoms with van der Waals surface area (Å²) in [5, 5.41) is 0. The molecular weight excluding hydrogens is 248 g/mol. The molecule has 1 aliphatic heterocycles. The highest BCUT2D eigenvalue weighted by atomic mass is 19.3. The molecule has 1 saturated heterocycles. The number of methoxy groups -OCH3 is 1. The van der Waals surface area contributed by atoms with Crippen LogP contribution >= 0.6 is 0 Å². The molecule has 1 amide bonds. The summed E-state index contributed by atoms with van der Waals surface area (Å²) in [6.07, 6.45) is -1.21. The smallest absolute Gasteiger partial charge is 0.328 e. The number of hydrogen-bond acceptors (Lipinski definition) is 4. The van der Waals surface area contributed by atoms with Gasteiger partial charge in [-0.2, -0.15) is 0 Å². The van der Waals surface area contributed by atoms with Gasteiger partial charge in [0.25, 0.3) is 6.43 Å². The molecule has 1 atom stereocenters. The highest BCUT2D eigenvalue weighted by Crippen LogP contribution is 2.19. The number of nitrogens with zero attached hydrogens (tertiary/aromatic N) is 1. The SMILES string of the molecule is COC(=O)C1CCCN1C(=O)CCOCC(F)F. The summed E-state index contributed by atoms with van der Waals surface area (Å²) in [5.74, 6) is -0.702. The highest BCUT2D eigenvalue weighted by Gasteiger charge is 2.34. The second-order valence-corrected chi connectivity index (χ2v) is 3.98. The molecule has 0 aromatic rings. The van der Waals surface area contributed by atoms with Crippen LogP contribution in [0.4, 0.5) is 8.78 Å². The van der Waals surface area contributed by atoms with Crippen LogP contribution in [0.5, 0.6) is 0 Å². The van der Waals surface area contributed by atoms with E-state index < -0.39 is 25.0 Å². The number of carbonyl (C=O) groups is 2. The lowest BCUT2D eigenvalue weighted by molar-refractivity contribution is -0.151. The van der Waals surface area contributed by atoms with Crippen LogP contribution in [0.15, 0.2) is 0 Å². The molecule has 7 heteroatoms. The Kier molecular flexibility index (Phi) is 5.97. The van der Waals surface area contributed by atoms with Gasteiger partial charge in [0.2, 0.25) is 5.91 Å². The van der Waals surface area contributed by atoms with E-state index in [0.717, 1.165) is 6.42 Å². The monoisotopic (exact) mass is 265 g/mol. The fourth-order valence-electron chi connectivity index (χ4n) is 1.92. The van der Waals surface area contributed by atoms with Gasteiger partial charge in [-0.25, -0.2) is 13.6 Å². The van der Waals surface area contributed by atoms with Crippen molar-refractivity contribution in [1.82, 2.24) is 4.90 Å². The maximum absolute atomic E-state index is 11.8. The quantitative estimate of drug-likeness (QED) is 0.527. The first-order valence-electron chi connectivity index (χ1n) is 5.79. The first kappa shape index (κ1) is 14.8. The van der Waals surface area contributed by atoms with E-state index in [4.69, 9.17) is 0 Å².